The summed E-state index contributed by atoms with van der Waals surface area (Å²) in [5.41, 5.74) is 10.6. The number of aliphatic hydroxyl groups is 3. The lowest BCUT2D eigenvalue weighted by Gasteiger charge is -2.43. The average molecular weight is 1850 g/mol. The maximum atomic E-state index is 14.8. The molecule has 720 valence electrons. The Hall–Kier alpha value is -7.59. The molecule has 1 aromatic heterocycles. The smallest absolute Gasteiger partial charge is 0.329 e. The van der Waals surface area contributed by atoms with E-state index < -0.39 is 93.7 Å². The van der Waals surface area contributed by atoms with E-state index in [0.717, 1.165) is 28.7 Å². The quantitative estimate of drug-likeness (QED) is 0.0102. The monoisotopic (exact) mass is 1850 g/mol. The molecule has 7 N–H and O–H groups in total. The van der Waals surface area contributed by atoms with Crippen molar-refractivity contribution in [1.29, 1.82) is 0 Å². The van der Waals surface area contributed by atoms with Crippen molar-refractivity contribution in [2.75, 3.05) is 171 Å². The van der Waals surface area contributed by atoms with Crippen molar-refractivity contribution in [3.05, 3.63) is 119 Å². The number of cyclic esters (lactones) is 1. The van der Waals surface area contributed by atoms with Gasteiger partial charge in [-0.25, -0.2) is 18.2 Å². The molecule has 0 radical (unpaired) electrons. The molecule has 5 heterocycles. The largest absolute Gasteiger partial charge is 0.491 e. The number of nitrogens with one attached hydrogen (secondary N) is 2. The molecule has 34 heteroatoms. The van der Waals surface area contributed by atoms with E-state index in [1.807, 2.05) is 82.3 Å². The van der Waals surface area contributed by atoms with Crippen molar-refractivity contribution >= 4 is 68.3 Å². The van der Waals surface area contributed by atoms with Gasteiger partial charge in [-0.3, -0.25) is 24.0 Å². The predicted molar refractivity (Wildman–Crippen MR) is 487 cm³/mol. The van der Waals surface area contributed by atoms with Gasteiger partial charge in [0.15, 0.2) is 15.6 Å². The van der Waals surface area contributed by atoms with Crippen LogP contribution >= 0.6 is 12.2 Å². The van der Waals surface area contributed by atoms with Crippen LogP contribution in [0.2, 0.25) is 0 Å². The fraction of sp³-hybridized carbons (Fsp3) is 0.663. The first-order valence-electron chi connectivity index (χ1n) is 45.5. The van der Waals surface area contributed by atoms with Crippen molar-refractivity contribution < 1.29 is 124 Å². The fourth-order valence-electron chi connectivity index (χ4n) is 16.7. The maximum absolute atomic E-state index is 14.8. The summed E-state index contributed by atoms with van der Waals surface area (Å²) in [4.78, 5) is 91.2. The van der Waals surface area contributed by atoms with Gasteiger partial charge in [-0.1, -0.05) is 77.1 Å². The van der Waals surface area contributed by atoms with Crippen molar-refractivity contribution in [3.63, 3.8) is 0 Å². The van der Waals surface area contributed by atoms with Crippen molar-refractivity contribution in [2.24, 2.45) is 35.5 Å². The zero-order chi connectivity index (χ0) is 93.4. The number of nitrogens with two attached hydrogens (primary N) is 1. The Balaban J connectivity index is 0.643. The number of amides is 3. The van der Waals surface area contributed by atoms with Gasteiger partial charge < -0.3 is 113 Å². The van der Waals surface area contributed by atoms with E-state index in [4.69, 9.17) is 89.0 Å². The van der Waals surface area contributed by atoms with Crippen LogP contribution in [-0.2, 0) is 107 Å². The molecule has 3 amide bonds. The molecule has 4 aliphatic heterocycles. The van der Waals surface area contributed by atoms with Gasteiger partial charge in [-0.2, -0.15) is 0 Å². The molecule has 1 saturated carbocycles. The molecule has 2 aromatic carbocycles. The first-order chi connectivity index (χ1) is 61.9. The van der Waals surface area contributed by atoms with Gasteiger partial charge >= 0.3 is 5.97 Å². The number of ketones is 2. The molecule has 2 bridgehead atoms. The van der Waals surface area contributed by atoms with E-state index >= 15 is 0 Å². The standard InChI is InChI=1S/C95H142N6O26S2/c1-63-17-13-12-14-18-64(2)82(113-9)59-75-24-20-70(8)95(110,127-75)90(106)92(108)101-33-16-15-19-78(101)93(109)125-83(60-79(102)66(4)54-69(7)88(105)89(115-11)87(104)68(6)53-63)67(5)55-71-21-27-81(84(57-71)114-10)126-94(128)98-31-36-117-39-41-119-43-45-121-47-49-123-51-50-122-48-46-120-44-42-118-40-38-116-35-30-86(103)97-32-52-129(111,112)76-25-26-77(65(3)56-76)91(107)100-34-37-124-80-28-22-72(58-74(80)62-100)73-23-29-85(96)99-61-73/h12-14,17-18,22-23,25-26,28-29,54,56,58,61,63,66-68,70-71,75,78-79,81-84,88-89,102,105,110H,15-16,19-21,24,27,30-53,55,57,59-60,62H2,1-11H3,(H2,96,99)(H,97,103)(H,98,128)/b14-12+,17-13+,64-18+,69-54+/t63-,66-,67-,68?,70-,71+,75+,78?,79-,81-,82+,83?,84-,88-,89+,95-/m1/s1. The summed E-state index contributed by atoms with van der Waals surface area (Å²) in [6.45, 7) is 21.4. The topological polar surface area (TPSA) is 405 Å². The molecule has 2 saturated heterocycles. The molecule has 1 aliphatic carbocycles. The van der Waals surface area contributed by atoms with Crippen molar-refractivity contribution in [3.8, 4) is 16.9 Å². The molecule has 8 rings (SSSR count). The molecule has 3 unspecified atom stereocenters. The molecule has 0 spiro atoms. The summed E-state index contributed by atoms with van der Waals surface area (Å²) in [6, 6.07) is 12.7. The Morgan fingerprint density at radius 1 is 0.690 bits per heavy atom. The number of pyridine rings is 1. The SMILES string of the molecule is CO[C@H]1C[C@@H]2CC[C@@H](C)[C@@](O)(O2)C(=O)C(=O)N2CCCCC2C(=O)OC([C@H](C)C[C@@H]2CC[C@@H](OC(=S)NCCOCCOCCOCCOCCOCCOCCOCCOCCC(=O)NCCS(=O)(=O)c3ccc(C(=O)N4CCOc5ccc(-c6ccc(N)nc6)cc5C4)c(C)c3)[C@H](OC)C2)C[C@@H](O)[C@H](C)/C=C(\C)[C@@H](O)[C@@H](OC)C(=O)C(C)C[C@H](C)/C=C/C=C/C=C/1C. The number of anilines is 1. The van der Waals surface area contributed by atoms with Crippen LogP contribution in [0.3, 0.4) is 0 Å². The van der Waals surface area contributed by atoms with Crippen LogP contribution < -0.4 is 21.1 Å². The predicted octanol–water partition coefficient (Wildman–Crippen LogP) is 8.97. The summed E-state index contributed by atoms with van der Waals surface area (Å²) in [5, 5.41) is 41.9. The lowest BCUT2D eigenvalue weighted by Crippen LogP contribution is -2.61. The third kappa shape index (κ3) is 34.4. The van der Waals surface area contributed by atoms with Crippen LogP contribution in [0.4, 0.5) is 5.82 Å². The summed E-state index contributed by atoms with van der Waals surface area (Å²) in [6.07, 6.45) is 12.1. The lowest BCUT2D eigenvalue weighted by atomic mass is 9.78. The van der Waals surface area contributed by atoms with E-state index in [1.165, 1.54) is 30.2 Å². The fourth-order valence-corrected chi connectivity index (χ4v) is 18.1. The molecular weight excluding hydrogens is 1710 g/mol. The number of aliphatic hydroxyl groups excluding tert-OH is 2. The number of aryl methyl sites for hydroxylation is 1. The maximum Gasteiger partial charge on any atom is 0.329 e. The Kier molecular flexibility index (Phi) is 46.2. The summed E-state index contributed by atoms with van der Waals surface area (Å²) < 4.78 is 114. The Bertz CT molecular complexity index is 4250. The zero-order valence-electron chi connectivity index (χ0n) is 77.2. The number of sulfone groups is 1. The number of piperidine rings is 1. The number of benzene rings is 2. The number of nitrogen functional groups attached to an aromatic ring is 1. The van der Waals surface area contributed by atoms with Crippen LogP contribution in [0.25, 0.3) is 11.1 Å². The van der Waals surface area contributed by atoms with E-state index in [-0.39, 0.29) is 109 Å². The van der Waals surface area contributed by atoms with E-state index in [9.17, 15) is 52.5 Å². The van der Waals surface area contributed by atoms with Gasteiger partial charge in [0.25, 0.3) is 22.8 Å². The van der Waals surface area contributed by atoms with Gasteiger partial charge in [0.05, 0.1) is 147 Å². The average Bonchev–Trinajstić information content (AvgIpc) is 1.08. The number of carbonyl (C=O) groups is 6. The number of rotatable bonds is 40. The Morgan fingerprint density at radius 3 is 1.97 bits per heavy atom. The minimum Gasteiger partial charge on any atom is -0.491 e. The lowest BCUT2D eigenvalue weighted by molar-refractivity contribution is -0.265. The number of carbonyl (C=O) groups excluding carboxylic acids is 6. The number of nitrogens with zero attached hydrogens (tertiary/aromatic N) is 3. The zero-order valence-corrected chi connectivity index (χ0v) is 78.9. The van der Waals surface area contributed by atoms with Crippen molar-refractivity contribution in [2.45, 2.75) is 211 Å². The van der Waals surface area contributed by atoms with Crippen LogP contribution in [-0.4, -0.2) is 305 Å². The second kappa shape index (κ2) is 55.8. The minimum atomic E-state index is -3.78. The minimum absolute atomic E-state index is 0.00379. The number of methoxy groups -OCH3 is 3. The molecule has 129 heavy (non-hydrogen) atoms. The molecular formula is C95H142N6O26S2. The number of esters is 1. The van der Waals surface area contributed by atoms with Crippen LogP contribution in [0.15, 0.2) is 107 Å². The number of thiocarbonyl (C=S) groups is 1. The molecule has 3 fully saturated rings. The third-order valence-electron chi connectivity index (χ3n) is 24.4. The van der Waals surface area contributed by atoms with Crippen LogP contribution in [0, 0.1) is 42.4 Å². The highest BCUT2D eigenvalue weighted by Crippen LogP contribution is 2.40. The number of ether oxygens (including phenoxy) is 15. The van der Waals surface area contributed by atoms with Gasteiger partial charge in [0.2, 0.25) is 11.7 Å². The highest BCUT2D eigenvalue weighted by molar-refractivity contribution is 7.91. The normalized spacial score (nSPS) is 27.3. The number of hydrogen-bond donors (Lipinski definition) is 6. The van der Waals surface area contributed by atoms with E-state index in [0.29, 0.717) is 205 Å². The van der Waals surface area contributed by atoms with Gasteiger partial charge in [0, 0.05) is 107 Å². The molecule has 16 atom stereocenters. The molecule has 5 aliphatic rings. The van der Waals surface area contributed by atoms with E-state index in [1.54, 1.807) is 65.2 Å². The highest BCUT2D eigenvalue weighted by Gasteiger charge is 2.53. The first kappa shape index (κ1) is 107. The third-order valence-corrected chi connectivity index (χ3v) is 26.4. The second-order valence-corrected chi connectivity index (χ2v) is 36.7. The van der Waals surface area contributed by atoms with Gasteiger partial charge in [-0.15, -0.1) is 0 Å². The number of hydrogen-bond acceptors (Lipinski definition) is 29. The number of aromatic nitrogens is 1. The molecule has 3 aromatic rings. The van der Waals surface area contributed by atoms with Crippen LogP contribution in [0.1, 0.15) is 153 Å². The first-order valence-corrected chi connectivity index (χ1v) is 47.6. The number of fused-ring (bicyclic) bond motifs is 4. The van der Waals surface area contributed by atoms with Crippen LogP contribution in [0.5, 0.6) is 5.75 Å². The van der Waals surface area contributed by atoms with E-state index in [2.05, 4.69) is 15.6 Å². The number of allylic oxidation sites excluding steroid dienone is 5. The van der Waals surface area contributed by atoms with Gasteiger partial charge in [-0.05, 0) is 180 Å². The second-order valence-electron chi connectivity index (χ2n) is 34.3. The highest BCUT2D eigenvalue weighted by atomic mass is 32.2. The number of Topliss-reactive ketones (excluding diaryl/α,β-unsaturated/α-hetero) is 2. The van der Waals surface area contributed by atoms with Crippen molar-refractivity contribution in [1.82, 2.24) is 25.4 Å². The van der Waals surface area contributed by atoms with Gasteiger partial charge in [0.1, 0.15) is 48.6 Å². The molecule has 32 nitrogen and oxygen atoms in total. The Labute approximate surface area is 766 Å². The Morgan fingerprint density at radius 2 is 1.34 bits per heavy atom. The summed E-state index contributed by atoms with van der Waals surface area (Å²) >= 11 is 5.62. The summed E-state index contributed by atoms with van der Waals surface area (Å²) in [5.74, 6) is -7.56. The summed E-state index contributed by atoms with van der Waals surface area (Å²) in [7, 11) is 0.808.